The van der Waals surface area contributed by atoms with Gasteiger partial charge in [0.15, 0.2) is 0 Å². The van der Waals surface area contributed by atoms with E-state index in [-0.39, 0.29) is 12.5 Å². The summed E-state index contributed by atoms with van der Waals surface area (Å²) >= 11 is 0. The molecule has 1 amide bonds. The van der Waals surface area contributed by atoms with Crippen molar-refractivity contribution in [2.24, 2.45) is 5.10 Å². The first kappa shape index (κ1) is 16.5. The molecule has 3 rings (SSSR count). The zero-order valence-corrected chi connectivity index (χ0v) is 14.0. The van der Waals surface area contributed by atoms with Crippen LogP contribution in [0.2, 0.25) is 0 Å². The lowest BCUT2D eigenvalue weighted by molar-refractivity contribution is -0.121. The van der Waals surface area contributed by atoms with Crippen molar-refractivity contribution in [3.63, 3.8) is 0 Å². The van der Waals surface area contributed by atoms with E-state index in [9.17, 15) is 4.79 Å². The number of fused-ring (bicyclic) bond motifs is 1. The molecule has 0 aliphatic rings. The number of benzene rings is 2. The lowest BCUT2D eigenvalue weighted by Gasteiger charge is -2.07. The highest BCUT2D eigenvalue weighted by molar-refractivity contribution is 5.86. The maximum absolute atomic E-state index is 12.1. The second-order valence-electron chi connectivity index (χ2n) is 5.26. The smallest absolute Gasteiger partial charge is 0.260 e. The van der Waals surface area contributed by atoms with Crippen LogP contribution in [0, 0.1) is 0 Å². The second-order valence-corrected chi connectivity index (χ2v) is 5.26. The molecule has 0 saturated heterocycles. The van der Waals surface area contributed by atoms with Crippen LogP contribution in [0.3, 0.4) is 0 Å². The van der Waals surface area contributed by atoms with Crippen molar-refractivity contribution in [1.29, 1.82) is 0 Å². The number of carbonyl (C=O) groups is 1. The molecule has 25 heavy (non-hydrogen) atoms. The minimum atomic E-state index is -0.249. The molecule has 1 N–H and O–H groups in total. The fourth-order valence-corrected chi connectivity index (χ4v) is 2.44. The van der Waals surface area contributed by atoms with E-state index in [0.29, 0.717) is 17.1 Å². The molecule has 7 nitrogen and oxygen atoms in total. The molecule has 7 heteroatoms. The fraction of sp³-hybridized carbons (Fsp3) is 0.167. The molecule has 128 valence electrons. The maximum Gasteiger partial charge on any atom is 0.260 e. The second kappa shape index (κ2) is 7.48. The van der Waals surface area contributed by atoms with Crippen LogP contribution < -0.4 is 14.9 Å². The predicted molar refractivity (Wildman–Crippen MR) is 95.0 cm³/mol. The highest BCUT2D eigenvalue weighted by Crippen LogP contribution is 2.22. The molecule has 1 heterocycles. The molecule has 0 bridgehead atoms. The minimum absolute atomic E-state index is 0.132. The summed E-state index contributed by atoms with van der Waals surface area (Å²) in [5.74, 6) is 1.07. The number of nitrogens with zero attached hydrogens (tertiary/aromatic N) is 3. The monoisotopic (exact) mass is 338 g/mol. The summed E-state index contributed by atoms with van der Waals surface area (Å²) in [6, 6.07) is 13.0. The summed E-state index contributed by atoms with van der Waals surface area (Å²) in [4.78, 5) is 16.3. The van der Waals surface area contributed by atoms with Crippen LogP contribution in [0.5, 0.6) is 11.5 Å². The molecule has 3 aromatic rings. The maximum atomic E-state index is 12.1. The van der Waals surface area contributed by atoms with Crippen molar-refractivity contribution in [2.75, 3.05) is 14.2 Å². The molecule has 0 radical (unpaired) electrons. The Kier molecular flexibility index (Phi) is 4.94. The topological polar surface area (TPSA) is 77.7 Å². The Balaban J connectivity index is 1.67. The Hall–Kier alpha value is -3.35. The number of para-hydroxylation sites is 2. The molecule has 0 aliphatic carbocycles. The van der Waals surface area contributed by atoms with Gasteiger partial charge in [-0.25, -0.2) is 10.4 Å². The summed E-state index contributed by atoms with van der Waals surface area (Å²) in [5.41, 5.74) is 4.96. The van der Waals surface area contributed by atoms with E-state index in [4.69, 9.17) is 9.47 Å². The van der Waals surface area contributed by atoms with Gasteiger partial charge >= 0.3 is 0 Å². The van der Waals surface area contributed by atoms with Gasteiger partial charge in [0.2, 0.25) is 0 Å². The van der Waals surface area contributed by atoms with Crippen LogP contribution in [-0.2, 0) is 11.3 Å². The Bertz CT molecular complexity index is 918. The zero-order valence-electron chi connectivity index (χ0n) is 14.0. The summed E-state index contributed by atoms with van der Waals surface area (Å²) in [5, 5.41) is 3.99. The number of methoxy groups -OCH3 is 2. The molecule has 0 fully saturated rings. The van der Waals surface area contributed by atoms with Gasteiger partial charge in [-0.2, -0.15) is 5.10 Å². The van der Waals surface area contributed by atoms with Gasteiger partial charge in [0.1, 0.15) is 18.0 Å². The van der Waals surface area contributed by atoms with Gasteiger partial charge in [-0.3, -0.25) is 4.79 Å². The van der Waals surface area contributed by atoms with Crippen LogP contribution in [0.15, 0.2) is 53.9 Å². The summed E-state index contributed by atoms with van der Waals surface area (Å²) in [6.45, 7) is 0.132. The van der Waals surface area contributed by atoms with Crippen LogP contribution in [-0.4, -0.2) is 35.9 Å². The van der Waals surface area contributed by atoms with E-state index in [2.05, 4.69) is 15.5 Å². The van der Waals surface area contributed by atoms with Crippen LogP contribution >= 0.6 is 0 Å². The van der Waals surface area contributed by atoms with Crippen molar-refractivity contribution in [3.8, 4) is 11.5 Å². The molecule has 0 aliphatic heterocycles. The predicted octanol–water partition coefficient (Wildman–Crippen LogP) is 2.20. The number of hydrogen-bond acceptors (Lipinski definition) is 5. The van der Waals surface area contributed by atoms with Crippen LogP contribution in [0.1, 0.15) is 5.56 Å². The summed E-state index contributed by atoms with van der Waals surface area (Å²) in [6.07, 6.45) is 3.16. The number of carbonyl (C=O) groups excluding carboxylic acids is 1. The van der Waals surface area contributed by atoms with E-state index in [1.807, 2.05) is 24.3 Å². The van der Waals surface area contributed by atoms with E-state index < -0.39 is 0 Å². The largest absolute Gasteiger partial charge is 0.497 e. The first-order valence-corrected chi connectivity index (χ1v) is 7.65. The SMILES string of the molecule is COc1ccc(OC)c(C=NNC(=O)Cn2cnc3ccccc32)c1. The molecule has 1 aromatic heterocycles. The van der Waals surface area contributed by atoms with Crippen LogP contribution in [0.25, 0.3) is 11.0 Å². The molecule has 2 aromatic carbocycles. The third kappa shape index (κ3) is 3.77. The van der Waals surface area contributed by atoms with Gasteiger partial charge < -0.3 is 14.0 Å². The number of imidazole rings is 1. The van der Waals surface area contributed by atoms with E-state index in [1.165, 1.54) is 6.21 Å². The molecule has 0 saturated carbocycles. The third-order valence-corrected chi connectivity index (χ3v) is 3.67. The Labute approximate surface area is 144 Å². The van der Waals surface area contributed by atoms with E-state index >= 15 is 0 Å². The molecular weight excluding hydrogens is 320 g/mol. The number of hydrogen-bond donors (Lipinski definition) is 1. The highest BCUT2D eigenvalue weighted by atomic mass is 16.5. The van der Waals surface area contributed by atoms with Gasteiger partial charge in [-0.05, 0) is 30.3 Å². The van der Waals surface area contributed by atoms with Gasteiger partial charge in [-0.15, -0.1) is 0 Å². The lowest BCUT2D eigenvalue weighted by Crippen LogP contribution is -2.22. The third-order valence-electron chi connectivity index (χ3n) is 3.67. The number of hydrazone groups is 1. The Morgan fingerprint density at radius 2 is 2.08 bits per heavy atom. The molecule has 0 atom stereocenters. The lowest BCUT2D eigenvalue weighted by atomic mass is 10.2. The van der Waals surface area contributed by atoms with Crippen molar-refractivity contribution >= 4 is 23.2 Å². The average molecular weight is 338 g/mol. The first-order chi connectivity index (χ1) is 12.2. The number of nitrogens with one attached hydrogen (secondary N) is 1. The van der Waals surface area contributed by atoms with E-state index in [1.54, 1.807) is 43.3 Å². The molecule has 0 spiro atoms. The number of aromatic nitrogens is 2. The zero-order chi connectivity index (χ0) is 17.6. The van der Waals surface area contributed by atoms with Gasteiger partial charge in [-0.1, -0.05) is 12.1 Å². The number of amides is 1. The average Bonchev–Trinajstić information content (AvgIpc) is 3.04. The quantitative estimate of drug-likeness (QED) is 0.552. The number of ether oxygens (including phenoxy) is 2. The van der Waals surface area contributed by atoms with Crippen molar-refractivity contribution in [1.82, 2.24) is 15.0 Å². The van der Waals surface area contributed by atoms with Crippen LogP contribution in [0.4, 0.5) is 0 Å². The van der Waals surface area contributed by atoms with Crippen molar-refractivity contribution in [3.05, 3.63) is 54.4 Å². The van der Waals surface area contributed by atoms with Gasteiger partial charge in [0, 0.05) is 5.56 Å². The minimum Gasteiger partial charge on any atom is -0.497 e. The van der Waals surface area contributed by atoms with E-state index in [0.717, 1.165) is 11.0 Å². The first-order valence-electron chi connectivity index (χ1n) is 7.65. The Morgan fingerprint density at radius 3 is 2.88 bits per heavy atom. The van der Waals surface area contributed by atoms with Gasteiger partial charge in [0.05, 0.1) is 37.8 Å². The Morgan fingerprint density at radius 1 is 1.24 bits per heavy atom. The molecular formula is C18H18N4O3. The van der Waals surface area contributed by atoms with Crippen molar-refractivity contribution < 1.29 is 14.3 Å². The summed E-state index contributed by atoms with van der Waals surface area (Å²) < 4.78 is 12.2. The number of rotatable bonds is 6. The fourth-order valence-electron chi connectivity index (χ4n) is 2.44. The van der Waals surface area contributed by atoms with Crippen molar-refractivity contribution in [2.45, 2.75) is 6.54 Å². The van der Waals surface area contributed by atoms with Gasteiger partial charge in [0.25, 0.3) is 5.91 Å². The normalized spacial score (nSPS) is 11.0. The summed E-state index contributed by atoms with van der Waals surface area (Å²) in [7, 11) is 3.15. The highest BCUT2D eigenvalue weighted by Gasteiger charge is 2.06. The molecule has 0 unspecified atom stereocenters. The standard InChI is InChI=1S/C18H18N4O3/c1-24-14-7-8-17(25-2)13(9-14)10-20-21-18(23)11-22-12-19-15-5-3-4-6-16(15)22/h3-10,12H,11H2,1-2H3,(H,21,23).